The van der Waals surface area contributed by atoms with Gasteiger partial charge in [0.2, 0.25) is 0 Å². The van der Waals surface area contributed by atoms with Gasteiger partial charge in [-0.05, 0) is 56.0 Å². The number of nitrogens with one attached hydrogen (secondary N) is 1. The number of hydrogen-bond acceptors (Lipinski definition) is 5. The van der Waals surface area contributed by atoms with Crippen LogP contribution in [0.1, 0.15) is 36.0 Å². The Balaban J connectivity index is 1.57. The molecule has 0 spiro atoms. The van der Waals surface area contributed by atoms with E-state index in [4.69, 9.17) is 9.15 Å². The van der Waals surface area contributed by atoms with Crippen LogP contribution in [0.15, 0.2) is 65.3 Å². The van der Waals surface area contributed by atoms with Crippen molar-refractivity contribution in [1.82, 2.24) is 4.98 Å². The number of amides is 1. The Kier molecular flexibility index (Phi) is 4.67. The van der Waals surface area contributed by atoms with Crippen molar-refractivity contribution in [3.05, 3.63) is 66.5 Å². The molecule has 2 aromatic carbocycles. The van der Waals surface area contributed by atoms with Crippen molar-refractivity contribution >= 4 is 39.3 Å². The van der Waals surface area contributed by atoms with Gasteiger partial charge in [0.1, 0.15) is 5.58 Å². The fourth-order valence-electron chi connectivity index (χ4n) is 4.02. The van der Waals surface area contributed by atoms with Crippen LogP contribution < -0.4 is 10.1 Å². The largest absolute Gasteiger partial charge is 0.486 e. The number of carbonyl (C=O) groups is 2. The Morgan fingerprint density at radius 1 is 1.03 bits per heavy atom. The number of rotatable bonds is 5. The minimum atomic E-state index is -0.723. The van der Waals surface area contributed by atoms with Gasteiger partial charge in [0, 0.05) is 22.5 Å². The molecule has 1 N–H and O–H groups in total. The van der Waals surface area contributed by atoms with Crippen LogP contribution in [-0.4, -0.2) is 22.8 Å². The van der Waals surface area contributed by atoms with E-state index in [1.165, 1.54) is 6.20 Å². The van der Waals surface area contributed by atoms with Crippen molar-refractivity contribution in [1.29, 1.82) is 0 Å². The number of carbonyl (C=O) groups excluding carboxylic acids is 2. The standard InChI is InChI=1S/C24H20N2O4/c27-22(24(28)26-15-6-5-13-25-14-15)18-11-12-20(29-16-7-1-2-8-16)23-21(18)17-9-3-4-10-19(17)30-23/h3-6,9-14,16H,1-2,7-8H2,(H,26,28). The number of para-hydroxylation sites is 1. The van der Waals surface area contributed by atoms with E-state index in [-0.39, 0.29) is 11.7 Å². The van der Waals surface area contributed by atoms with Crippen LogP contribution in [0.4, 0.5) is 5.69 Å². The molecule has 2 heterocycles. The highest BCUT2D eigenvalue weighted by Gasteiger charge is 2.26. The molecule has 1 aliphatic rings. The second-order valence-electron chi connectivity index (χ2n) is 7.46. The van der Waals surface area contributed by atoms with E-state index in [1.54, 1.807) is 30.5 Å². The van der Waals surface area contributed by atoms with Gasteiger partial charge < -0.3 is 14.5 Å². The van der Waals surface area contributed by atoms with Gasteiger partial charge in [0.25, 0.3) is 11.7 Å². The molecule has 4 aromatic rings. The monoisotopic (exact) mass is 400 g/mol. The van der Waals surface area contributed by atoms with Crippen molar-refractivity contribution in [2.24, 2.45) is 0 Å². The average molecular weight is 400 g/mol. The van der Waals surface area contributed by atoms with Crippen molar-refractivity contribution in [2.75, 3.05) is 5.32 Å². The second kappa shape index (κ2) is 7.63. The van der Waals surface area contributed by atoms with Crippen LogP contribution in [0.3, 0.4) is 0 Å². The van der Waals surface area contributed by atoms with E-state index in [0.717, 1.165) is 31.1 Å². The molecule has 0 saturated heterocycles. The molecule has 1 amide bonds. The summed E-state index contributed by atoms with van der Waals surface area (Å²) < 4.78 is 12.3. The van der Waals surface area contributed by atoms with Gasteiger partial charge in [0.15, 0.2) is 11.3 Å². The molecule has 1 fully saturated rings. The summed E-state index contributed by atoms with van der Waals surface area (Å²) in [6, 6.07) is 14.2. The van der Waals surface area contributed by atoms with Gasteiger partial charge in [0.05, 0.1) is 18.0 Å². The van der Waals surface area contributed by atoms with Gasteiger partial charge in [-0.3, -0.25) is 14.6 Å². The van der Waals surface area contributed by atoms with Gasteiger partial charge in [-0.15, -0.1) is 0 Å². The van der Waals surface area contributed by atoms with Crippen LogP contribution in [-0.2, 0) is 4.79 Å². The summed E-state index contributed by atoms with van der Waals surface area (Å²) in [4.78, 5) is 29.6. The number of pyridine rings is 1. The van der Waals surface area contributed by atoms with E-state index in [9.17, 15) is 9.59 Å². The Morgan fingerprint density at radius 3 is 2.67 bits per heavy atom. The van der Waals surface area contributed by atoms with E-state index < -0.39 is 11.7 Å². The number of Topliss-reactive ketones (excluding diaryl/α,β-unsaturated/α-hetero) is 1. The lowest BCUT2D eigenvalue weighted by atomic mass is 10.0. The maximum absolute atomic E-state index is 13.0. The fraction of sp³-hybridized carbons (Fsp3) is 0.208. The first-order chi connectivity index (χ1) is 14.7. The average Bonchev–Trinajstić information content (AvgIpc) is 3.42. The Hall–Kier alpha value is -3.67. The number of fused-ring (bicyclic) bond motifs is 3. The molecule has 0 aliphatic heterocycles. The summed E-state index contributed by atoms with van der Waals surface area (Å²) in [5.74, 6) is -0.751. The molecule has 1 saturated carbocycles. The van der Waals surface area contributed by atoms with Gasteiger partial charge in [-0.2, -0.15) is 0 Å². The predicted octanol–water partition coefficient (Wildman–Crippen LogP) is 5.12. The molecule has 5 rings (SSSR count). The lowest BCUT2D eigenvalue weighted by Gasteiger charge is -2.14. The van der Waals surface area contributed by atoms with Crippen molar-refractivity contribution in [3.8, 4) is 5.75 Å². The maximum Gasteiger partial charge on any atom is 0.296 e. The summed E-state index contributed by atoms with van der Waals surface area (Å²) in [5, 5.41) is 3.99. The minimum Gasteiger partial charge on any atom is -0.486 e. The summed E-state index contributed by atoms with van der Waals surface area (Å²) in [6.45, 7) is 0. The molecule has 150 valence electrons. The lowest BCUT2D eigenvalue weighted by Crippen LogP contribution is -2.23. The maximum atomic E-state index is 13.0. The van der Waals surface area contributed by atoms with Gasteiger partial charge >= 0.3 is 0 Å². The Labute approximate surface area is 172 Å². The summed E-state index contributed by atoms with van der Waals surface area (Å²) in [7, 11) is 0. The number of furan rings is 1. The van der Waals surface area contributed by atoms with Crippen LogP contribution in [0.25, 0.3) is 21.9 Å². The zero-order valence-electron chi connectivity index (χ0n) is 16.3. The molecular formula is C24H20N2O4. The van der Waals surface area contributed by atoms with Crippen LogP contribution in [0.2, 0.25) is 0 Å². The highest BCUT2D eigenvalue weighted by atomic mass is 16.5. The third-order valence-electron chi connectivity index (χ3n) is 5.46. The lowest BCUT2D eigenvalue weighted by molar-refractivity contribution is -0.112. The number of benzene rings is 2. The number of aromatic nitrogens is 1. The highest BCUT2D eigenvalue weighted by molar-refractivity contribution is 6.49. The zero-order chi connectivity index (χ0) is 20.5. The summed E-state index contributed by atoms with van der Waals surface area (Å²) in [6.07, 6.45) is 7.56. The van der Waals surface area contributed by atoms with Gasteiger partial charge in [-0.25, -0.2) is 0 Å². The number of ether oxygens (including phenoxy) is 1. The summed E-state index contributed by atoms with van der Waals surface area (Å²) >= 11 is 0. The SMILES string of the molecule is O=C(Nc1cccnc1)C(=O)c1ccc(OC2CCCC2)c2oc3ccccc3c12. The summed E-state index contributed by atoms with van der Waals surface area (Å²) in [5.41, 5.74) is 1.90. The smallest absolute Gasteiger partial charge is 0.296 e. The van der Waals surface area contributed by atoms with E-state index >= 15 is 0 Å². The van der Waals surface area contributed by atoms with Crippen molar-refractivity contribution in [2.45, 2.75) is 31.8 Å². The molecule has 0 atom stereocenters. The molecule has 30 heavy (non-hydrogen) atoms. The number of ketones is 1. The molecule has 2 aromatic heterocycles. The minimum absolute atomic E-state index is 0.150. The van der Waals surface area contributed by atoms with E-state index in [2.05, 4.69) is 10.3 Å². The van der Waals surface area contributed by atoms with Crippen LogP contribution in [0, 0.1) is 0 Å². The number of anilines is 1. The molecule has 1 aliphatic carbocycles. The molecule has 0 radical (unpaired) electrons. The molecular weight excluding hydrogens is 380 g/mol. The van der Waals surface area contributed by atoms with Crippen LogP contribution in [0.5, 0.6) is 5.75 Å². The molecule has 0 unspecified atom stereocenters. The fourth-order valence-corrected chi connectivity index (χ4v) is 4.02. The Morgan fingerprint density at radius 2 is 1.87 bits per heavy atom. The highest BCUT2D eigenvalue weighted by Crippen LogP contribution is 2.38. The molecule has 0 bridgehead atoms. The Bertz CT molecular complexity index is 1240. The first kappa shape index (κ1) is 18.4. The zero-order valence-corrected chi connectivity index (χ0v) is 16.3. The second-order valence-corrected chi connectivity index (χ2v) is 7.46. The van der Waals surface area contributed by atoms with Crippen molar-refractivity contribution in [3.63, 3.8) is 0 Å². The predicted molar refractivity (Wildman–Crippen MR) is 114 cm³/mol. The topological polar surface area (TPSA) is 81.4 Å². The number of hydrogen-bond donors (Lipinski definition) is 1. The third-order valence-corrected chi connectivity index (χ3v) is 5.46. The van der Waals surface area contributed by atoms with E-state index in [0.29, 0.717) is 28.0 Å². The first-order valence-electron chi connectivity index (χ1n) is 10.1. The van der Waals surface area contributed by atoms with Gasteiger partial charge in [-0.1, -0.05) is 18.2 Å². The third kappa shape index (κ3) is 3.30. The number of nitrogens with zero attached hydrogens (tertiary/aromatic N) is 1. The first-order valence-corrected chi connectivity index (χ1v) is 10.1. The normalized spacial score (nSPS) is 14.3. The molecule has 6 nitrogen and oxygen atoms in total. The van der Waals surface area contributed by atoms with Crippen LogP contribution >= 0.6 is 0 Å². The van der Waals surface area contributed by atoms with E-state index in [1.807, 2.05) is 24.3 Å². The quantitative estimate of drug-likeness (QED) is 0.371. The molecule has 6 heteroatoms. The van der Waals surface area contributed by atoms with Crippen molar-refractivity contribution < 1.29 is 18.7 Å².